The number of aliphatic hydroxyl groups is 3. The Morgan fingerprint density at radius 2 is 1.81 bits per heavy atom. The fourth-order valence-electron chi connectivity index (χ4n) is 2.89. The maximum absolute atomic E-state index is 12.0. The molecule has 31 heavy (non-hydrogen) atoms. The number of carboxylic acids is 1. The number of unbranched alkanes of at least 4 members (excludes halogenated alkanes) is 1. The van der Waals surface area contributed by atoms with Crippen LogP contribution in [0.15, 0.2) is 24.3 Å². The van der Waals surface area contributed by atoms with E-state index in [1.54, 1.807) is 24.3 Å². The van der Waals surface area contributed by atoms with Crippen molar-refractivity contribution in [2.24, 2.45) is 0 Å². The molecule has 168 valence electrons. The average molecular weight is 449 g/mol. The molecule has 6 atom stereocenters. The van der Waals surface area contributed by atoms with Crippen LogP contribution < -0.4 is 40.0 Å². The van der Waals surface area contributed by atoms with Crippen LogP contribution in [0.4, 0.5) is 10.5 Å². The minimum atomic E-state index is -1.96. The summed E-state index contributed by atoms with van der Waals surface area (Å²) in [6.07, 6.45) is -7.10. The molecular weight excluding hydrogens is 421 g/mol. The van der Waals surface area contributed by atoms with Crippen molar-refractivity contribution >= 4 is 17.7 Å². The number of anilines is 1. The fraction of sp³-hybridized carbons (Fsp3) is 0.600. The minimum Gasteiger partial charge on any atom is -0.547 e. The van der Waals surface area contributed by atoms with Crippen molar-refractivity contribution in [3.05, 3.63) is 29.8 Å². The number of carboxylic acid groups (broad SMARTS) is 1. The number of rotatable bonds is 9. The van der Waals surface area contributed by atoms with E-state index in [1.165, 1.54) is 0 Å². The van der Waals surface area contributed by atoms with E-state index in [4.69, 9.17) is 14.2 Å². The Bertz CT molecular complexity index is 702. The van der Waals surface area contributed by atoms with Gasteiger partial charge in [-0.2, -0.15) is 0 Å². The van der Waals surface area contributed by atoms with E-state index in [9.17, 15) is 30.0 Å². The van der Waals surface area contributed by atoms with Crippen LogP contribution in [0.1, 0.15) is 38.7 Å². The predicted octanol–water partition coefficient (Wildman–Crippen LogP) is -3.11. The average Bonchev–Trinajstić information content (AvgIpc) is 2.71. The maximum Gasteiger partial charge on any atom is 1.00 e. The van der Waals surface area contributed by atoms with Crippen LogP contribution in [-0.4, -0.2) is 64.2 Å². The molecule has 10 nitrogen and oxygen atoms in total. The molecule has 0 spiro atoms. The molecule has 1 heterocycles. The quantitative estimate of drug-likeness (QED) is 0.287. The van der Waals surface area contributed by atoms with Gasteiger partial charge >= 0.3 is 35.7 Å². The molecule has 1 aliphatic heterocycles. The summed E-state index contributed by atoms with van der Waals surface area (Å²) in [4.78, 5) is 23.0. The summed E-state index contributed by atoms with van der Waals surface area (Å²) in [6, 6.07) is 6.77. The molecule has 1 saturated heterocycles. The SMILES string of the molecule is CCCCC(C)OCc1ccc(NC(=O)OC2OC(C(=O)[O-])C(O)C(O)C2O)cc1.[Na+]. The third kappa shape index (κ3) is 8.32. The van der Waals surface area contributed by atoms with E-state index in [0.717, 1.165) is 24.8 Å². The van der Waals surface area contributed by atoms with E-state index < -0.39 is 42.8 Å². The number of aliphatic carboxylic acids is 1. The Balaban J connectivity index is 0.00000480. The van der Waals surface area contributed by atoms with Crippen molar-refractivity contribution in [2.45, 2.75) is 76.5 Å². The first-order valence-corrected chi connectivity index (χ1v) is 9.81. The molecule has 0 radical (unpaired) electrons. The number of carbonyl (C=O) groups excluding carboxylic acids is 2. The van der Waals surface area contributed by atoms with E-state index in [0.29, 0.717) is 12.3 Å². The molecule has 0 aliphatic carbocycles. The van der Waals surface area contributed by atoms with Gasteiger partial charge in [-0.25, -0.2) is 4.79 Å². The van der Waals surface area contributed by atoms with Gasteiger partial charge in [0.2, 0.25) is 6.29 Å². The van der Waals surface area contributed by atoms with Crippen molar-refractivity contribution in [2.75, 3.05) is 5.32 Å². The van der Waals surface area contributed by atoms with Crippen molar-refractivity contribution in [1.29, 1.82) is 0 Å². The zero-order valence-corrected chi connectivity index (χ0v) is 19.9. The zero-order valence-electron chi connectivity index (χ0n) is 17.9. The van der Waals surface area contributed by atoms with Gasteiger partial charge in [0.1, 0.15) is 24.4 Å². The Morgan fingerprint density at radius 3 is 2.39 bits per heavy atom. The number of hydrogen-bond acceptors (Lipinski definition) is 9. The first kappa shape index (κ1) is 27.8. The number of aliphatic hydroxyl groups excluding tert-OH is 3. The fourth-order valence-corrected chi connectivity index (χ4v) is 2.89. The second-order valence-electron chi connectivity index (χ2n) is 7.21. The van der Waals surface area contributed by atoms with E-state index in [-0.39, 0.29) is 35.7 Å². The van der Waals surface area contributed by atoms with Gasteiger partial charge in [0.25, 0.3) is 0 Å². The largest absolute Gasteiger partial charge is 1.00 e. The third-order valence-electron chi connectivity index (χ3n) is 4.72. The van der Waals surface area contributed by atoms with Crippen molar-refractivity contribution < 1.29 is 73.8 Å². The number of benzene rings is 1. The molecule has 1 aromatic rings. The monoisotopic (exact) mass is 449 g/mol. The summed E-state index contributed by atoms with van der Waals surface area (Å²) in [5.74, 6) is -1.82. The summed E-state index contributed by atoms with van der Waals surface area (Å²) >= 11 is 0. The Morgan fingerprint density at radius 1 is 1.16 bits per heavy atom. The Kier molecular flexibility index (Phi) is 12.0. The van der Waals surface area contributed by atoms with Crippen LogP contribution in [0.2, 0.25) is 0 Å². The van der Waals surface area contributed by atoms with Crippen LogP contribution >= 0.6 is 0 Å². The molecule has 11 heteroatoms. The first-order valence-electron chi connectivity index (χ1n) is 9.81. The summed E-state index contributed by atoms with van der Waals surface area (Å²) < 4.78 is 15.4. The van der Waals surface area contributed by atoms with Crippen LogP contribution in [0, 0.1) is 0 Å². The number of carbonyl (C=O) groups is 2. The van der Waals surface area contributed by atoms with Gasteiger partial charge < -0.3 is 39.4 Å². The predicted molar refractivity (Wildman–Crippen MR) is 102 cm³/mol. The van der Waals surface area contributed by atoms with E-state index >= 15 is 0 Å². The second-order valence-corrected chi connectivity index (χ2v) is 7.21. The molecule has 0 saturated carbocycles. The number of ether oxygens (including phenoxy) is 3. The van der Waals surface area contributed by atoms with Crippen LogP contribution in [-0.2, 0) is 25.6 Å². The second kappa shape index (κ2) is 13.3. The molecule has 4 N–H and O–H groups in total. The van der Waals surface area contributed by atoms with Gasteiger partial charge in [0.05, 0.1) is 18.7 Å². The standard InChI is InChI=1S/C20H29NO9.Na/c1-3-4-5-11(2)28-10-12-6-8-13(9-7-12)21-20(27)30-19-16(24)14(22)15(23)17(29-19)18(25)26;/h6-9,11,14-17,19,22-24H,3-5,10H2,1-2H3,(H,21,27)(H,25,26);/q;+1/p-1. The Labute approximate surface area is 202 Å². The number of amides is 1. The summed E-state index contributed by atoms with van der Waals surface area (Å²) in [6.45, 7) is 4.57. The van der Waals surface area contributed by atoms with Crippen molar-refractivity contribution in [1.82, 2.24) is 0 Å². The van der Waals surface area contributed by atoms with E-state index in [2.05, 4.69) is 12.2 Å². The van der Waals surface area contributed by atoms with Crippen LogP contribution in [0.25, 0.3) is 0 Å². The molecule has 6 unspecified atom stereocenters. The molecule has 1 amide bonds. The molecule has 1 aliphatic rings. The molecule has 0 bridgehead atoms. The van der Waals surface area contributed by atoms with E-state index in [1.807, 2.05) is 6.92 Å². The van der Waals surface area contributed by atoms with Crippen molar-refractivity contribution in [3.8, 4) is 0 Å². The number of nitrogens with one attached hydrogen (secondary N) is 1. The summed E-state index contributed by atoms with van der Waals surface area (Å²) in [7, 11) is 0. The van der Waals surface area contributed by atoms with Gasteiger partial charge in [-0.15, -0.1) is 0 Å². The van der Waals surface area contributed by atoms with Crippen molar-refractivity contribution in [3.63, 3.8) is 0 Å². The topological polar surface area (TPSA) is 158 Å². The molecule has 2 rings (SSSR count). The Hall–Kier alpha value is -1.24. The molecule has 1 fully saturated rings. The van der Waals surface area contributed by atoms with Gasteiger partial charge in [-0.05, 0) is 31.0 Å². The molecule has 0 aromatic heterocycles. The van der Waals surface area contributed by atoms with Gasteiger partial charge in [-0.3, -0.25) is 5.32 Å². The number of hydrogen-bond donors (Lipinski definition) is 4. The first-order chi connectivity index (χ1) is 14.2. The smallest absolute Gasteiger partial charge is 0.547 e. The zero-order chi connectivity index (χ0) is 22.3. The molecular formula is C20H28NNaO9. The van der Waals surface area contributed by atoms with Gasteiger partial charge in [-0.1, -0.05) is 31.9 Å². The minimum absolute atomic E-state index is 0. The third-order valence-corrected chi connectivity index (χ3v) is 4.72. The summed E-state index contributed by atoms with van der Waals surface area (Å²) in [5, 5.41) is 42.5. The van der Waals surface area contributed by atoms with Crippen LogP contribution in [0.5, 0.6) is 0 Å². The van der Waals surface area contributed by atoms with Crippen LogP contribution in [0.3, 0.4) is 0 Å². The summed E-state index contributed by atoms with van der Waals surface area (Å²) in [5.41, 5.74) is 1.29. The van der Waals surface area contributed by atoms with Gasteiger partial charge in [0.15, 0.2) is 0 Å². The van der Waals surface area contributed by atoms with Gasteiger partial charge in [0, 0.05) is 5.69 Å². The molecule has 1 aromatic carbocycles. The normalized spacial score (nSPS) is 26.4. The maximum atomic E-state index is 12.0.